The summed E-state index contributed by atoms with van der Waals surface area (Å²) in [6.07, 6.45) is 5.67. The van der Waals surface area contributed by atoms with Gasteiger partial charge in [0.2, 0.25) is 0 Å². The second kappa shape index (κ2) is 3.12. The molecule has 3 heteroatoms. The number of hydrogen-bond donors (Lipinski definition) is 0. The van der Waals surface area contributed by atoms with Crippen LogP contribution in [0.4, 0.5) is 0 Å². The highest BCUT2D eigenvalue weighted by Crippen LogP contribution is 2.39. The number of rotatable bonds is 1. The molecule has 0 unspecified atom stereocenters. The zero-order valence-corrected chi connectivity index (χ0v) is 9.79. The average molecular weight is 216 g/mol. The zero-order valence-electron chi connectivity index (χ0n) is 9.79. The van der Waals surface area contributed by atoms with Gasteiger partial charge in [0.15, 0.2) is 5.78 Å². The van der Waals surface area contributed by atoms with E-state index in [-0.39, 0.29) is 11.2 Å². The third kappa shape index (κ3) is 1.64. The number of hydrogen-bond acceptors (Lipinski definition) is 3. The predicted octanol–water partition coefficient (Wildman–Crippen LogP) is 2.51. The lowest BCUT2D eigenvalue weighted by atomic mass is 9.76. The van der Waals surface area contributed by atoms with Crippen molar-refractivity contribution in [3.05, 3.63) is 23.3 Å². The monoisotopic (exact) mass is 216 g/mol. The lowest BCUT2D eigenvalue weighted by Gasteiger charge is -2.29. The summed E-state index contributed by atoms with van der Waals surface area (Å²) in [4.78, 5) is 20.8. The fourth-order valence-electron chi connectivity index (χ4n) is 2.38. The number of ketones is 1. The van der Waals surface area contributed by atoms with E-state index in [2.05, 4.69) is 23.8 Å². The highest BCUT2D eigenvalue weighted by Gasteiger charge is 2.34. The molecule has 1 heterocycles. The lowest BCUT2D eigenvalue weighted by molar-refractivity contribution is 0.0909. The normalized spacial score (nSPS) is 23.0. The SMILES string of the molecule is CC1(C)CC(=O)c2cnc(C3CC3)nc2C1. The van der Waals surface area contributed by atoms with E-state index in [1.165, 1.54) is 12.8 Å². The topological polar surface area (TPSA) is 42.9 Å². The molecule has 2 aliphatic carbocycles. The first-order valence-electron chi connectivity index (χ1n) is 5.94. The molecule has 0 N–H and O–H groups in total. The summed E-state index contributed by atoms with van der Waals surface area (Å²) >= 11 is 0. The van der Waals surface area contributed by atoms with Gasteiger partial charge in [-0.3, -0.25) is 4.79 Å². The molecule has 0 amide bonds. The van der Waals surface area contributed by atoms with Crippen molar-refractivity contribution in [2.45, 2.75) is 45.4 Å². The van der Waals surface area contributed by atoms with Crippen molar-refractivity contribution in [1.29, 1.82) is 0 Å². The van der Waals surface area contributed by atoms with E-state index < -0.39 is 0 Å². The number of carbonyl (C=O) groups excluding carboxylic acids is 1. The molecule has 0 spiro atoms. The summed E-state index contributed by atoms with van der Waals surface area (Å²) in [6, 6.07) is 0. The molecule has 1 aromatic rings. The molecule has 3 rings (SSSR count). The smallest absolute Gasteiger partial charge is 0.166 e. The minimum atomic E-state index is 0.0548. The third-order valence-corrected chi connectivity index (χ3v) is 3.41. The van der Waals surface area contributed by atoms with E-state index in [9.17, 15) is 4.79 Å². The van der Waals surface area contributed by atoms with Gasteiger partial charge in [-0.15, -0.1) is 0 Å². The number of fused-ring (bicyclic) bond motifs is 1. The average Bonchev–Trinajstić information content (AvgIpc) is 2.97. The molecule has 0 radical (unpaired) electrons. The van der Waals surface area contributed by atoms with Crippen molar-refractivity contribution in [3.8, 4) is 0 Å². The molecule has 84 valence electrons. The second-order valence-corrected chi connectivity index (χ2v) is 5.80. The van der Waals surface area contributed by atoms with Gasteiger partial charge in [-0.25, -0.2) is 9.97 Å². The van der Waals surface area contributed by atoms with Gasteiger partial charge in [0.05, 0.1) is 11.3 Å². The maximum Gasteiger partial charge on any atom is 0.166 e. The number of aromatic nitrogens is 2. The van der Waals surface area contributed by atoms with Crippen LogP contribution in [0, 0.1) is 5.41 Å². The van der Waals surface area contributed by atoms with Crippen LogP contribution in [0.2, 0.25) is 0 Å². The van der Waals surface area contributed by atoms with Crippen molar-refractivity contribution in [1.82, 2.24) is 9.97 Å². The summed E-state index contributed by atoms with van der Waals surface area (Å²) in [6.45, 7) is 4.26. The highest BCUT2D eigenvalue weighted by atomic mass is 16.1. The zero-order chi connectivity index (χ0) is 11.3. The summed E-state index contributed by atoms with van der Waals surface area (Å²) in [5.74, 6) is 1.71. The van der Waals surface area contributed by atoms with Crippen LogP contribution >= 0.6 is 0 Å². The molecule has 2 aliphatic rings. The van der Waals surface area contributed by atoms with E-state index in [4.69, 9.17) is 0 Å². The minimum absolute atomic E-state index is 0.0548. The third-order valence-electron chi connectivity index (χ3n) is 3.41. The van der Waals surface area contributed by atoms with Gasteiger partial charge in [0, 0.05) is 18.5 Å². The Bertz CT molecular complexity index is 461. The largest absolute Gasteiger partial charge is 0.294 e. The molecule has 1 saturated carbocycles. The van der Waals surface area contributed by atoms with Gasteiger partial charge in [0.25, 0.3) is 0 Å². The summed E-state index contributed by atoms with van der Waals surface area (Å²) in [7, 11) is 0. The maximum atomic E-state index is 11.9. The molecule has 16 heavy (non-hydrogen) atoms. The Morgan fingerprint density at radius 2 is 2.06 bits per heavy atom. The van der Waals surface area contributed by atoms with Crippen LogP contribution in [0.15, 0.2) is 6.20 Å². The molecule has 0 saturated heterocycles. The Labute approximate surface area is 95.3 Å². The number of Topliss-reactive ketones (excluding diaryl/α,β-unsaturated/α-hetero) is 1. The summed E-state index contributed by atoms with van der Waals surface area (Å²) in [5, 5.41) is 0. The molecule has 3 nitrogen and oxygen atoms in total. The molecule has 1 fully saturated rings. The molecule has 1 aromatic heterocycles. The lowest BCUT2D eigenvalue weighted by Crippen LogP contribution is -2.28. The van der Waals surface area contributed by atoms with E-state index in [0.717, 1.165) is 23.5 Å². The van der Waals surface area contributed by atoms with E-state index in [1.54, 1.807) is 6.20 Å². The number of nitrogens with zero attached hydrogens (tertiary/aromatic N) is 2. The standard InChI is InChI=1S/C13H16N2O/c1-13(2)5-10-9(11(16)6-13)7-14-12(15-10)8-3-4-8/h7-8H,3-6H2,1-2H3. The Morgan fingerprint density at radius 3 is 2.75 bits per heavy atom. The van der Waals surface area contributed by atoms with Crippen molar-refractivity contribution in [2.75, 3.05) is 0 Å². The van der Waals surface area contributed by atoms with Gasteiger partial charge in [-0.05, 0) is 24.7 Å². The first-order valence-corrected chi connectivity index (χ1v) is 5.94. The molecule has 0 bridgehead atoms. The van der Waals surface area contributed by atoms with Crippen LogP contribution in [0.5, 0.6) is 0 Å². The minimum Gasteiger partial charge on any atom is -0.294 e. The Hall–Kier alpha value is -1.25. The van der Waals surface area contributed by atoms with Crippen LogP contribution in [0.1, 0.15) is 60.9 Å². The van der Waals surface area contributed by atoms with Crippen molar-refractivity contribution >= 4 is 5.78 Å². The second-order valence-electron chi connectivity index (χ2n) is 5.80. The first-order chi connectivity index (χ1) is 7.55. The van der Waals surface area contributed by atoms with Crippen LogP contribution in [0.3, 0.4) is 0 Å². The maximum absolute atomic E-state index is 11.9. The molecular formula is C13H16N2O. The van der Waals surface area contributed by atoms with E-state index >= 15 is 0 Å². The molecule has 0 aliphatic heterocycles. The van der Waals surface area contributed by atoms with Gasteiger partial charge >= 0.3 is 0 Å². The number of carbonyl (C=O) groups is 1. The Balaban J connectivity index is 2.03. The molecular weight excluding hydrogens is 200 g/mol. The fraction of sp³-hybridized carbons (Fsp3) is 0.615. The molecule has 0 aromatic carbocycles. The first kappa shape index (κ1) is 9.94. The summed E-state index contributed by atoms with van der Waals surface area (Å²) < 4.78 is 0. The quantitative estimate of drug-likeness (QED) is 0.724. The molecule has 0 atom stereocenters. The van der Waals surface area contributed by atoms with Gasteiger partial charge in [-0.2, -0.15) is 0 Å². The Kier molecular flexibility index (Phi) is 1.94. The van der Waals surface area contributed by atoms with Gasteiger partial charge in [0.1, 0.15) is 5.82 Å². The predicted molar refractivity (Wildman–Crippen MR) is 60.4 cm³/mol. The van der Waals surface area contributed by atoms with Crippen LogP contribution in [-0.2, 0) is 6.42 Å². The fourth-order valence-corrected chi connectivity index (χ4v) is 2.38. The van der Waals surface area contributed by atoms with E-state index in [0.29, 0.717) is 12.3 Å². The summed E-state index contributed by atoms with van der Waals surface area (Å²) in [5.41, 5.74) is 1.78. The van der Waals surface area contributed by atoms with E-state index in [1.807, 2.05) is 0 Å². The highest BCUT2D eigenvalue weighted by molar-refractivity contribution is 5.98. The van der Waals surface area contributed by atoms with Crippen molar-refractivity contribution in [2.24, 2.45) is 5.41 Å². The van der Waals surface area contributed by atoms with Crippen molar-refractivity contribution < 1.29 is 4.79 Å². The van der Waals surface area contributed by atoms with Crippen LogP contribution in [-0.4, -0.2) is 15.8 Å². The van der Waals surface area contributed by atoms with Crippen LogP contribution in [0.25, 0.3) is 0 Å². The Morgan fingerprint density at radius 1 is 1.31 bits per heavy atom. The van der Waals surface area contributed by atoms with Gasteiger partial charge in [-0.1, -0.05) is 13.8 Å². The van der Waals surface area contributed by atoms with Crippen LogP contribution < -0.4 is 0 Å². The van der Waals surface area contributed by atoms with Crippen molar-refractivity contribution in [3.63, 3.8) is 0 Å². The van der Waals surface area contributed by atoms with Gasteiger partial charge < -0.3 is 0 Å².